The third-order valence-corrected chi connectivity index (χ3v) is 6.46. The van der Waals surface area contributed by atoms with Crippen molar-refractivity contribution in [2.24, 2.45) is 0 Å². The van der Waals surface area contributed by atoms with Gasteiger partial charge in [0.1, 0.15) is 0 Å². The van der Waals surface area contributed by atoms with Crippen molar-refractivity contribution in [3.63, 3.8) is 0 Å². The molecule has 1 saturated heterocycles. The molecule has 0 spiro atoms. The average molecular weight is 433 g/mol. The maximum atomic E-state index is 12.6. The van der Waals surface area contributed by atoms with Crippen LogP contribution in [0.5, 0.6) is 0 Å². The quantitative estimate of drug-likeness (QED) is 0.791. The number of carbonyl (C=O) groups is 1. The number of benzene rings is 2. The Balaban J connectivity index is 1.73. The molecule has 10 heteroatoms. The molecule has 0 aromatic heterocycles. The summed E-state index contributed by atoms with van der Waals surface area (Å²) in [4.78, 5) is 12.3. The van der Waals surface area contributed by atoms with Gasteiger partial charge >= 0.3 is 6.18 Å². The molecule has 28 heavy (non-hydrogen) atoms. The summed E-state index contributed by atoms with van der Waals surface area (Å²) in [5, 5.41) is 2.80. The summed E-state index contributed by atoms with van der Waals surface area (Å²) in [6.45, 7) is 0.350. The number of nitrogens with one attached hydrogen (secondary N) is 1. The number of nitrogens with zero attached hydrogens (tertiary/aromatic N) is 1. The van der Waals surface area contributed by atoms with Crippen LogP contribution in [0.4, 0.5) is 24.5 Å². The van der Waals surface area contributed by atoms with Crippen LogP contribution < -0.4 is 9.62 Å². The highest BCUT2D eigenvalue weighted by Gasteiger charge is 2.30. The van der Waals surface area contributed by atoms with Gasteiger partial charge in [0.2, 0.25) is 15.9 Å². The zero-order chi connectivity index (χ0) is 20.5. The average Bonchev–Trinajstić information content (AvgIpc) is 2.96. The first-order valence-corrected chi connectivity index (χ1v) is 10.3. The second kappa shape index (κ2) is 7.63. The number of halogens is 4. The first-order valence-electron chi connectivity index (χ1n) is 8.32. The van der Waals surface area contributed by atoms with Crippen LogP contribution in [0.25, 0.3) is 0 Å². The normalized spacial score (nSPS) is 16.2. The summed E-state index contributed by atoms with van der Waals surface area (Å²) in [7, 11) is -3.38. The SMILES string of the molecule is O=C(Cc1ccc(C(F)(F)F)cc1)Nc1cc(N2CCCS2(=O)=O)ccc1Cl. The smallest absolute Gasteiger partial charge is 0.324 e. The lowest BCUT2D eigenvalue weighted by Gasteiger charge is -2.18. The van der Waals surface area contributed by atoms with Gasteiger partial charge in [-0.3, -0.25) is 9.10 Å². The van der Waals surface area contributed by atoms with Crippen molar-refractivity contribution < 1.29 is 26.4 Å². The van der Waals surface area contributed by atoms with Gasteiger partial charge in [0, 0.05) is 6.54 Å². The molecule has 150 valence electrons. The molecule has 1 N–H and O–H groups in total. The van der Waals surface area contributed by atoms with E-state index in [4.69, 9.17) is 11.6 Å². The van der Waals surface area contributed by atoms with Gasteiger partial charge < -0.3 is 5.32 Å². The maximum absolute atomic E-state index is 12.6. The van der Waals surface area contributed by atoms with Crippen LogP contribution in [-0.2, 0) is 27.4 Å². The summed E-state index contributed by atoms with van der Waals surface area (Å²) in [6.07, 6.45) is -4.08. The van der Waals surface area contributed by atoms with Crippen molar-refractivity contribution in [2.75, 3.05) is 21.9 Å². The van der Waals surface area contributed by atoms with Crippen molar-refractivity contribution in [1.82, 2.24) is 0 Å². The zero-order valence-corrected chi connectivity index (χ0v) is 16.0. The van der Waals surface area contributed by atoms with Crippen LogP contribution in [0.15, 0.2) is 42.5 Å². The van der Waals surface area contributed by atoms with E-state index in [1.165, 1.54) is 28.6 Å². The molecule has 1 aliphatic rings. The molecule has 2 aromatic rings. The fraction of sp³-hybridized carbons (Fsp3) is 0.278. The van der Waals surface area contributed by atoms with E-state index in [1.54, 1.807) is 6.07 Å². The van der Waals surface area contributed by atoms with Crippen LogP contribution >= 0.6 is 11.6 Å². The molecular weight excluding hydrogens is 417 g/mol. The highest BCUT2D eigenvalue weighted by Crippen LogP contribution is 2.32. The number of hydrogen-bond donors (Lipinski definition) is 1. The van der Waals surface area contributed by atoms with E-state index in [0.29, 0.717) is 24.2 Å². The van der Waals surface area contributed by atoms with Gasteiger partial charge in [-0.2, -0.15) is 13.2 Å². The third-order valence-electron chi connectivity index (χ3n) is 4.26. The molecule has 2 aromatic carbocycles. The fourth-order valence-corrected chi connectivity index (χ4v) is 4.61. The molecule has 0 atom stereocenters. The lowest BCUT2D eigenvalue weighted by Crippen LogP contribution is -2.25. The second-order valence-corrected chi connectivity index (χ2v) is 8.75. The minimum Gasteiger partial charge on any atom is -0.324 e. The Morgan fingerprint density at radius 2 is 1.82 bits per heavy atom. The first kappa shape index (κ1) is 20.5. The van der Waals surface area contributed by atoms with Gasteiger partial charge in [0.15, 0.2) is 0 Å². The van der Waals surface area contributed by atoms with E-state index in [-0.39, 0.29) is 22.9 Å². The van der Waals surface area contributed by atoms with Crippen LogP contribution in [-0.4, -0.2) is 26.6 Å². The molecule has 0 unspecified atom stereocenters. The standard InChI is InChI=1S/C18H16ClF3N2O3S/c19-15-7-6-14(24-8-1-9-28(24,26)27)11-16(15)23-17(25)10-12-2-4-13(5-3-12)18(20,21)22/h2-7,11H,1,8-10H2,(H,23,25). The first-order chi connectivity index (χ1) is 13.1. The predicted octanol–water partition coefficient (Wildman–Crippen LogP) is 4.08. The number of anilines is 2. The van der Waals surface area contributed by atoms with E-state index < -0.39 is 27.7 Å². The van der Waals surface area contributed by atoms with E-state index in [0.717, 1.165) is 12.1 Å². The lowest BCUT2D eigenvalue weighted by atomic mass is 10.1. The summed E-state index contributed by atoms with van der Waals surface area (Å²) in [5.74, 6) is -0.422. The number of amides is 1. The summed E-state index contributed by atoms with van der Waals surface area (Å²) < 4.78 is 63.1. The highest BCUT2D eigenvalue weighted by molar-refractivity contribution is 7.93. The van der Waals surface area contributed by atoms with Gasteiger partial charge in [0.25, 0.3) is 0 Å². The van der Waals surface area contributed by atoms with Gasteiger partial charge in [-0.1, -0.05) is 23.7 Å². The predicted molar refractivity (Wildman–Crippen MR) is 101 cm³/mol. The van der Waals surface area contributed by atoms with Gasteiger partial charge in [-0.25, -0.2) is 8.42 Å². The summed E-state index contributed by atoms with van der Waals surface area (Å²) in [6, 6.07) is 8.79. The molecule has 1 fully saturated rings. The van der Waals surface area contributed by atoms with Crippen molar-refractivity contribution >= 4 is 38.9 Å². The van der Waals surface area contributed by atoms with E-state index in [1.807, 2.05) is 0 Å². The van der Waals surface area contributed by atoms with Crippen LogP contribution in [0.3, 0.4) is 0 Å². The van der Waals surface area contributed by atoms with Crippen molar-refractivity contribution in [1.29, 1.82) is 0 Å². The highest BCUT2D eigenvalue weighted by atomic mass is 35.5. The van der Waals surface area contributed by atoms with E-state index >= 15 is 0 Å². The Bertz CT molecular complexity index is 992. The maximum Gasteiger partial charge on any atom is 0.416 e. The summed E-state index contributed by atoms with van der Waals surface area (Å²) in [5.41, 5.74) is 0.240. The molecule has 1 heterocycles. The molecule has 0 aliphatic carbocycles. The minimum atomic E-state index is -4.44. The molecule has 3 rings (SSSR count). The van der Waals surface area contributed by atoms with Crippen molar-refractivity contribution in [3.05, 3.63) is 58.6 Å². The molecule has 1 aliphatic heterocycles. The van der Waals surface area contributed by atoms with E-state index in [2.05, 4.69) is 5.32 Å². The fourth-order valence-electron chi connectivity index (χ4n) is 2.89. The number of carbonyl (C=O) groups excluding carboxylic acids is 1. The van der Waals surface area contributed by atoms with Crippen LogP contribution in [0, 0.1) is 0 Å². The Morgan fingerprint density at radius 1 is 1.14 bits per heavy atom. The molecule has 5 nitrogen and oxygen atoms in total. The lowest BCUT2D eigenvalue weighted by molar-refractivity contribution is -0.137. The van der Waals surface area contributed by atoms with Crippen molar-refractivity contribution in [3.8, 4) is 0 Å². The zero-order valence-electron chi connectivity index (χ0n) is 14.5. The van der Waals surface area contributed by atoms with Gasteiger partial charge in [0.05, 0.1) is 34.1 Å². The third kappa shape index (κ3) is 4.59. The largest absolute Gasteiger partial charge is 0.416 e. The van der Waals surface area contributed by atoms with Crippen molar-refractivity contribution in [2.45, 2.75) is 19.0 Å². The Labute approximate surface area is 165 Å². The molecule has 0 saturated carbocycles. The summed E-state index contributed by atoms with van der Waals surface area (Å²) >= 11 is 6.08. The second-order valence-electron chi connectivity index (χ2n) is 6.33. The van der Waals surface area contributed by atoms with Crippen LogP contribution in [0.2, 0.25) is 5.02 Å². The molecule has 0 bridgehead atoms. The monoisotopic (exact) mass is 432 g/mol. The minimum absolute atomic E-state index is 0.0608. The molecule has 0 radical (unpaired) electrons. The Hall–Kier alpha value is -2.26. The van der Waals surface area contributed by atoms with Crippen LogP contribution in [0.1, 0.15) is 17.5 Å². The number of rotatable bonds is 4. The van der Waals surface area contributed by atoms with E-state index in [9.17, 15) is 26.4 Å². The Morgan fingerprint density at radius 3 is 2.39 bits per heavy atom. The topological polar surface area (TPSA) is 66.5 Å². The molecule has 1 amide bonds. The molecular formula is C18H16ClF3N2O3S. The van der Waals surface area contributed by atoms with Gasteiger partial charge in [-0.15, -0.1) is 0 Å². The Kier molecular flexibility index (Phi) is 5.58. The number of hydrogen-bond acceptors (Lipinski definition) is 3. The van der Waals surface area contributed by atoms with Gasteiger partial charge in [-0.05, 0) is 42.3 Å². The number of sulfonamides is 1. The number of alkyl halides is 3.